The van der Waals surface area contributed by atoms with Crippen LogP contribution in [-0.2, 0) is 4.79 Å². The van der Waals surface area contributed by atoms with Crippen LogP contribution >= 0.6 is 23.2 Å². The SMILES string of the molecule is CCN(CC)c1ccc(-n2nc3cc(C)c(NC(=O)COc4ccc(Cl)cc4Cl)cc3n2)cc1. The van der Waals surface area contributed by atoms with E-state index in [9.17, 15) is 4.79 Å². The molecule has 0 aliphatic carbocycles. The lowest BCUT2D eigenvalue weighted by Gasteiger charge is -2.20. The number of carbonyl (C=O) groups excluding carboxylic acids is 1. The van der Waals surface area contributed by atoms with Gasteiger partial charge in [0.05, 0.1) is 10.7 Å². The number of nitrogens with one attached hydrogen (secondary N) is 1. The number of anilines is 2. The van der Waals surface area contributed by atoms with Gasteiger partial charge in [0.15, 0.2) is 6.61 Å². The van der Waals surface area contributed by atoms with Gasteiger partial charge in [0.1, 0.15) is 16.8 Å². The molecule has 0 aliphatic heterocycles. The molecule has 1 amide bonds. The van der Waals surface area contributed by atoms with E-state index < -0.39 is 0 Å². The van der Waals surface area contributed by atoms with Crippen LogP contribution in [0.25, 0.3) is 16.7 Å². The van der Waals surface area contributed by atoms with Crippen molar-refractivity contribution >= 4 is 51.5 Å². The van der Waals surface area contributed by atoms with Crippen molar-refractivity contribution in [1.82, 2.24) is 15.0 Å². The molecule has 176 valence electrons. The molecule has 0 atom stereocenters. The molecule has 0 spiro atoms. The molecule has 0 saturated heterocycles. The van der Waals surface area contributed by atoms with Crippen LogP contribution in [0.1, 0.15) is 19.4 Å². The van der Waals surface area contributed by atoms with Crippen LogP contribution in [-0.4, -0.2) is 40.6 Å². The Morgan fingerprint density at radius 1 is 1.00 bits per heavy atom. The summed E-state index contributed by atoms with van der Waals surface area (Å²) in [6, 6.07) is 16.7. The van der Waals surface area contributed by atoms with Crippen molar-refractivity contribution in [3.63, 3.8) is 0 Å². The van der Waals surface area contributed by atoms with Gasteiger partial charge in [-0.2, -0.15) is 4.80 Å². The lowest BCUT2D eigenvalue weighted by molar-refractivity contribution is -0.118. The Morgan fingerprint density at radius 2 is 1.68 bits per heavy atom. The van der Waals surface area contributed by atoms with E-state index in [-0.39, 0.29) is 12.5 Å². The van der Waals surface area contributed by atoms with Gasteiger partial charge in [-0.1, -0.05) is 23.2 Å². The summed E-state index contributed by atoms with van der Waals surface area (Å²) in [5, 5.41) is 12.9. The quantitative estimate of drug-likeness (QED) is 0.328. The van der Waals surface area contributed by atoms with Crippen molar-refractivity contribution in [2.75, 3.05) is 29.9 Å². The first-order valence-electron chi connectivity index (χ1n) is 11.0. The van der Waals surface area contributed by atoms with Crippen LogP contribution < -0.4 is 15.0 Å². The number of aryl methyl sites for hydroxylation is 1. The number of amides is 1. The van der Waals surface area contributed by atoms with E-state index in [4.69, 9.17) is 27.9 Å². The van der Waals surface area contributed by atoms with Crippen molar-refractivity contribution in [3.8, 4) is 11.4 Å². The molecule has 4 aromatic rings. The monoisotopic (exact) mass is 497 g/mol. The Hall–Kier alpha value is -3.29. The van der Waals surface area contributed by atoms with E-state index in [1.165, 1.54) is 0 Å². The third-order valence-corrected chi connectivity index (χ3v) is 5.99. The van der Waals surface area contributed by atoms with Crippen molar-refractivity contribution in [3.05, 3.63) is 70.2 Å². The second kappa shape index (κ2) is 10.3. The normalized spacial score (nSPS) is 11.0. The third-order valence-electron chi connectivity index (χ3n) is 5.46. The molecule has 9 heteroatoms. The first kappa shape index (κ1) is 23.9. The van der Waals surface area contributed by atoms with Gasteiger partial charge in [-0.3, -0.25) is 4.79 Å². The highest BCUT2D eigenvalue weighted by molar-refractivity contribution is 6.35. The number of benzene rings is 3. The summed E-state index contributed by atoms with van der Waals surface area (Å²) in [5.74, 6) is 0.0798. The molecule has 1 N–H and O–H groups in total. The second-order valence-electron chi connectivity index (χ2n) is 7.75. The standard InChI is InChI=1S/C25H25Cl2N5O2/c1-4-31(5-2)18-7-9-19(10-8-18)32-29-22-12-16(3)21(14-23(22)30-32)28-25(33)15-34-24-11-6-17(26)13-20(24)27/h6-14H,4-5,15H2,1-3H3,(H,28,33). The number of aromatic nitrogens is 3. The van der Waals surface area contributed by atoms with Gasteiger partial charge in [0.25, 0.3) is 5.91 Å². The van der Waals surface area contributed by atoms with Gasteiger partial charge in [0.2, 0.25) is 0 Å². The number of halogens is 2. The number of hydrogen-bond donors (Lipinski definition) is 1. The van der Waals surface area contributed by atoms with E-state index in [2.05, 4.69) is 46.4 Å². The summed E-state index contributed by atoms with van der Waals surface area (Å²) in [4.78, 5) is 16.3. The molecule has 0 unspecified atom stereocenters. The molecule has 1 heterocycles. The summed E-state index contributed by atoms with van der Waals surface area (Å²) in [7, 11) is 0. The minimum atomic E-state index is -0.312. The molecule has 0 bridgehead atoms. The minimum Gasteiger partial charge on any atom is -0.482 e. The lowest BCUT2D eigenvalue weighted by atomic mass is 10.1. The predicted molar refractivity (Wildman–Crippen MR) is 138 cm³/mol. The van der Waals surface area contributed by atoms with Gasteiger partial charge in [-0.15, -0.1) is 10.2 Å². The number of hydrogen-bond acceptors (Lipinski definition) is 5. The first-order valence-corrected chi connectivity index (χ1v) is 11.7. The van der Waals surface area contributed by atoms with E-state index in [1.807, 2.05) is 31.2 Å². The molecule has 7 nitrogen and oxygen atoms in total. The fourth-order valence-corrected chi connectivity index (χ4v) is 4.09. The molecular weight excluding hydrogens is 473 g/mol. The van der Waals surface area contributed by atoms with Gasteiger partial charge in [0, 0.05) is 29.5 Å². The summed E-state index contributed by atoms with van der Waals surface area (Å²) in [5.41, 5.74) is 4.96. The van der Waals surface area contributed by atoms with E-state index in [1.54, 1.807) is 23.0 Å². The van der Waals surface area contributed by atoms with Crippen LogP contribution in [0.4, 0.5) is 11.4 Å². The Balaban J connectivity index is 1.48. The zero-order valence-electron chi connectivity index (χ0n) is 19.2. The maximum Gasteiger partial charge on any atom is 0.262 e. The molecule has 0 saturated carbocycles. The predicted octanol–water partition coefficient (Wildman–Crippen LogP) is 5.90. The van der Waals surface area contributed by atoms with Crippen molar-refractivity contribution in [2.24, 2.45) is 0 Å². The Kier molecular flexibility index (Phi) is 7.24. The lowest BCUT2D eigenvalue weighted by Crippen LogP contribution is -2.21. The highest BCUT2D eigenvalue weighted by atomic mass is 35.5. The summed E-state index contributed by atoms with van der Waals surface area (Å²) < 4.78 is 5.52. The smallest absolute Gasteiger partial charge is 0.262 e. The average Bonchev–Trinajstić information content (AvgIpc) is 3.22. The van der Waals surface area contributed by atoms with Crippen LogP contribution in [0.15, 0.2) is 54.6 Å². The molecule has 34 heavy (non-hydrogen) atoms. The van der Waals surface area contributed by atoms with E-state index in [0.717, 1.165) is 35.5 Å². The van der Waals surface area contributed by atoms with Crippen LogP contribution in [0.2, 0.25) is 10.0 Å². The number of fused-ring (bicyclic) bond motifs is 1. The second-order valence-corrected chi connectivity index (χ2v) is 8.59. The average molecular weight is 498 g/mol. The number of carbonyl (C=O) groups is 1. The summed E-state index contributed by atoms with van der Waals surface area (Å²) in [6.45, 7) is 7.89. The Bertz CT molecular complexity index is 1320. The fraction of sp³-hybridized carbons (Fsp3) is 0.240. The van der Waals surface area contributed by atoms with Crippen molar-refractivity contribution in [2.45, 2.75) is 20.8 Å². The van der Waals surface area contributed by atoms with Gasteiger partial charge in [-0.05, 0) is 80.9 Å². The molecular formula is C25H25Cl2N5O2. The highest BCUT2D eigenvalue weighted by Gasteiger charge is 2.12. The zero-order chi connectivity index (χ0) is 24.2. The van der Waals surface area contributed by atoms with Crippen LogP contribution in [0, 0.1) is 6.92 Å². The van der Waals surface area contributed by atoms with Gasteiger partial charge >= 0.3 is 0 Å². The molecule has 0 aliphatic rings. The first-order chi connectivity index (χ1) is 16.4. The number of ether oxygens (including phenoxy) is 1. The zero-order valence-corrected chi connectivity index (χ0v) is 20.7. The van der Waals surface area contributed by atoms with Gasteiger partial charge < -0.3 is 15.0 Å². The molecule has 4 rings (SSSR count). The van der Waals surface area contributed by atoms with Crippen molar-refractivity contribution < 1.29 is 9.53 Å². The summed E-state index contributed by atoms with van der Waals surface area (Å²) >= 11 is 12.0. The van der Waals surface area contributed by atoms with Crippen molar-refractivity contribution in [1.29, 1.82) is 0 Å². The maximum absolute atomic E-state index is 12.5. The number of rotatable bonds is 8. The molecule has 3 aromatic carbocycles. The van der Waals surface area contributed by atoms with E-state index in [0.29, 0.717) is 27.0 Å². The number of nitrogens with zero attached hydrogens (tertiary/aromatic N) is 4. The minimum absolute atomic E-state index is 0.190. The summed E-state index contributed by atoms with van der Waals surface area (Å²) in [6.07, 6.45) is 0. The maximum atomic E-state index is 12.5. The third kappa shape index (κ3) is 5.26. The Morgan fingerprint density at radius 3 is 2.32 bits per heavy atom. The van der Waals surface area contributed by atoms with E-state index >= 15 is 0 Å². The van der Waals surface area contributed by atoms with Crippen LogP contribution in [0.5, 0.6) is 5.75 Å². The highest BCUT2D eigenvalue weighted by Crippen LogP contribution is 2.28. The topological polar surface area (TPSA) is 72.3 Å². The molecule has 1 aromatic heterocycles. The van der Waals surface area contributed by atoms with Gasteiger partial charge in [-0.25, -0.2) is 0 Å². The molecule has 0 radical (unpaired) electrons. The fourth-order valence-electron chi connectivity index (χ4n) is 3.63. The van der Waals surface area contributed by atoms with Crippen LogP contribution in [0.3, 0.4) is 0 Å². The largest absolute Gasteiger partial charge is 0.482 e. The molecule has 0 fully saturated rings. The Labute approximate surface area is 208 Å².